The molecule has 0 aliphatic carbocycles. The highest BCUT2D eigenvalue weighted by atomic mass is 79.9. The van der Waals surface area contributed by atoms with Crippen molar-refractivity contribution in [1.29, 1.82) is 0 Å². The molecule has 3 heterocycles. The first-order valence-electron chi connectivity index (χ1n) is 7.88. The Bertz CT molecular complexity index is 506. The highest BCUT2D eigenvalue weighted by molar-refractivity contribution is 9.10. The zero-order chi connectivity index (χ0) is 15.0. The van der Waals surface area contributed by atoms with E-state index in [0.717, 1.165) is 19.5 Å². The van der Waals surface area contributed by atoms with Crippen LogP contribution in [0.25, 0.3) is 0 Å². The minimum atomic E-state index is 0.0184. The lowest BCUT2D eigenvalue weighted by Gasteiger charge is -2.41. The Hall–Kier alpha value is -0.810. The van der Waals surface area contributed by atoms with Crippen molar-refractivity contribution in [3.8, 4) is 0 Å². The molecule has 1 aromatic rings. The van der Waals surface area contributed by atoms with Gasteiger partial charge in [0, 0.05) is 31.2 Å². The third kappa shape index (κ3) is 3.04. The van der Waals surface area contributed by atoms with Crippen molar-refractivity contribution in [2.45, 2.75) is 57.7 Å². The van der Waals surface area contributed by atoms with Gasteiger partial charge in [-0.15, -0.1) is 0 Å². The van der Waals surface area contributed by atoms with Gasteiger partial charge in [0.05, 0.1) is 0 Å². The van der Waals surface area contributed by atoms with E-state index in [9.17, 15) is 4.79 Å². The number of hydrogen-bond donors (Lipinski definition) is 0. The van der Waals surface area contributed by atoms with Gasteiger partial charge in [0.1, 0.15) is 0 Å². The topological polar surface area (TPSA) is 36.7 Å². The average Bonchev–Trinajstić information content (AvgIpc) is 3.04. The fourth-order valence-electron chi connectivity index (χ4n) is 3.90. The van der Waals surface area contributed by atoms with Crippen molar-refractivity contribution < 1.29 is 9.21 Å². The lowest BCUT2D eigenvalue weighted by atomic mass is 10.0. The molecule has 2 fully saturated rings. The van der Waals surface area contributed by atoms with Gasteiger partial charge in [-0.3, -0.25) is 9.69 Å². The molecule has 0 bridgehead atoms. The molecule has 21 heavy (non-hydrogen) atoms. The number of piperidine rings is 1. The van der Waals surface area contributed by atoms with Gasteiger partial charge in [-0.25, -0.2) is 0 Å². The van der Waals surface area contributed by atoms with Gasteiger partial charge < -0.3 is 9.32 Å². The summed E-state index contributed by atoms with van der Waals surface area (Å²) in [6.07, 6.45) is 4.82. The maximum atomic E-state index is 12.5. The molecule has 1 aromatic heterocycles. The Morgan fingerprint density at radius 2 is 1.95 bits per heavy atom. The van der Waals surface area contributed by atoms with Gasteiger partial charge in [-0.1, -0.05) is 0 Å². The second-order valence-corrected chi connectivity index (χ2v) is 7.16. The van der Waals surface area contributed by atoms with Crippen molar-refractivity contribution in [3.63, 3.8) is 0 Å². The molecule has 3 rings (SSSR count). The van der Waals surface area contributed by atoms with Gasteiger partial charge in [0.2, 0.25) is 0 Å². The number of nitrogens with zero attached hydrogens (tertiary/aromatic N) is 2. The number of likely N-dealkylation sites (tertiary alicyclic amines) is 2. The fourth-order valence-corrected chi connectivity index (χ4v) is 4.21. The number of carbonyl (C=O) groups excluding carboxylic acids is 1. The molecule has 116 valence electrons. The maximum Gasteiger partial charge on any atom is 0.289 e. The maximum absolute atomic E-state index is 12.5. The van der Waals surface area contributed by atoms with E-state index in [4.69, 9.17) is 4.42 Å². The zero-order valence-corrected chi connectivity index (χ0v) is 14.3. The third-order valence-electron chi connectivity index (χ3n) is 4.91. The average molecular weight is 355 g/mol. The largest absolute Gasteiger partial charge is 0.444 e. The number of hydrogen-bond acceptors (Lipinski definition) is 3. The first-order chi connectivity index (χ1) is 10.1. The van der Waals surface area contributed by atoms with Crippen LogP contribution in [0.4, 0.5) is 0 Å². The second-order valence-electron chi connectivity index (χ2n) is 6.37. The van der Waals surface area contributed by atoms with E-state index in [1.807, 2.05) is 4.90 Å². The normalized spacial score (nSPS) is 30.8. The quantitative estimate of drug-likeness (QED) is 0.815. The van der Waals surface area contributed by atoms with E-state index in [1.54, 1.807) is 12.1 Å². The summed E-state index contributed by atoms with van der Waals surface area (Å²) < 4.78 is 6.03. The SMILES string of the molecule is CC1CCC(C)N1C1CCCN(C(=O)c2ccc(Br)o2)C1. The van der Waals surface area contributed by atoms with Crippen molar-refractivity contribution in [2.24, 2.45) is 0 Å². The highest BCUT2D eigenvalue weighted by Crippen LogP contribution is 2.30. The van der Waals surface area contributed by atoms with Crippen LogP contribution in [-0.4, -0.2) is 46.9 Å². The number of rotatable bonds is 2. The molecule has 5 heteroatoms. The van der Waals surface area contributed by atoms with Crippen LogP contribution in [0, 0.1) is 0 Å². The molecule has 3 atom stereocenters. The molecule has 2 aliphatic rings. The fraction of sp³-hybridized carbons (Fsp3) is 0.688. The summed E-state index contributed by atoms with van der Waals surface area (Å²) in [6, 6.07) is 5.29. The Kier molecular flexibility index (Phi) is 4.41. The molecule has 0 spiro atoms. The second kappa shape index (κ2) is 6.13. The molecule has 3 unspecified atom stereocenters. The summed E-state index contributed by atoms with van der Waals surface area (Å²) in [6.45, 7) is 6.29. The number of furan rings is 1. The van der Waals surface area contributed by atoms with Crippen molar-refractivity contribution in [3.05, 3.63) is 22.6 Å². The molecule has 1 amide bonds. The Morgan fingerprint density at radius 1 is 1.24 bits per heavy atom. The van der Waals surface area contributed by atoms with Crippen molar-refractivity contribution >= 4 is 21.8 Å². The van der Waals surface area contributed by atoms with Crippen LogP contribution in [0.15, 0.2) is 21.2 Å². The first-order valence-corrected chi connectivity index (χ1v) is 8.67. The van der Waals surface area contributed by atoms with Crippen LogP contribution in [0.1, 0.15) is 50.1 Å². The van der Waals surface area contributed by atoms with Crippen LogP contribution in [0.2, 0.25) is 0 Å². The minimum Gasteiger partial charge on any atom is -0.444 e. The summed E-state index contributed by atoms with van der Waals surface area (Å²) in [5, 5.41) is 0. The molecule has 4 nitrogen and oxygen atoms in total. The summed E-state index contributed by atoms with van der Waals surface area (Å²) in [5.74, 6) is 0.454. The third-order valence-corrected chi connectivity index (χ3v) is 5.34. The monoisotopic (exact) mass is 354 g/mol. The highest BCUT2D eigenvalue weighted by Gasteiger charge is 2.36. The molecule has 0 N–H and O–H groups in total. The zero-order valence-electron chi connectivity index (χ0n) is 12.7. The predicted molar refractivity (Wildman–Crippen MR) is 85.3 cm³/mol. The van der Waals surface area contributed by atoms with Gasteiger partial charge in [0.25, 0.3) is 5.91 Å². The molecule has 0 radical (unpaired) electrons. The van der Waals surface area contributed by atoms with Crippen LogP contribution in [-0.2, 0) is 0 Å². The molecule has 0 saturated carbocycles. The van der Waals surface area contributed by atoms with Crippen LogP contribution >= 0.6 is 15.9 Å². The number of amides is 1. The van der Waals surface area contributed by atoms with E-state index in [0.29, 0.717) is 28.6 Å². The van der Waals surface area contributed by atoms with Crippen molar-refractivity contribution in [1.82, 2.24) is 9.80 Å². The van der Waals surface area contributed by atoms with E-state index in [2.05, 4.69) is 34.7 Å². The standard InChI is InChI=1S/C16H23BrN2O2/c1-11-5-6-12(2)19(11)13-4-3-9-18(10-13)16(20)14-7-8-15(17)21-14/h7-8,11-13H,3-6,9-10H2,1-2H3. The number of halogens is 1. The summed E-state index contributed by atoms with van der Waals surface area (Å²) >= 11 is 3.26. The molecular weight excluding hydrogens is 332 g/mol. The van der Waals surface area contributed by atoms with Crippen LogP contribution in [0.3, 0.4) is 0 Å². The Balaban J connectivity index is 1.69. The molecule has 2 saturated heterocycles. The van der Waals surface area contributed by atoms with Gasteiger partial charge in [-0.05, 0) is 67.6 Å². The lowest BCUT2D eigenvalue weighted by Crippen LogP contribution is -2.52. The Morgan fingerprint density at radius 3 is 2.57 bits per heavy atom. The molecular formula is C16H23BrN2O2. The lowest BCUT2D eigenvalue weighted by molar-refractivity contribution is 0.0462. The minimum absolute atomic E-state index is 0.0184. The van der Waals surface area contributed by atoms with Gasteiger partial charge in [-0.2, -0.15) is 0 Å². The summed E-state index contributed by atoms with van der Waals surface area (Å²) in [4.78, 5) is 17.1. The van der Waals surface area contributed by atoms with Gasteiger partial charge in [0.15, 0.2) is 10.4 Å². The van der Waals surface area contributed by atoms with Crippen LogP contribution < -0.4 is 0 Å². The van der Waals surface area contributed by atoms with Crippen LogP contribution in [0.5, 0.6) is 0 Å². The van der Waals surface area contributed by atoms with Gasteiger partial charge >= 0.3 is 0 Å². The Labute approximate surface area is 134 Å². The number of carbonyl (C=O) groups is 1. The molecule has 0 aromatic carbocycles. The predicted octanol–water partition coefficient (Wildman–Crippen LogP) is 3.52. The first kappa shape index (κ1) is 15.1. The summed E-state index contributed by atoms with van der Waals surface area (Å²) in [5.41, 5.74) is 0. The smallest absolute Gasteiger partial charge is 0.289 e. The summed E-state index contributed by atoms with van der Waals surface area (Å²) in [7, 11) is 0. The van der Waals surface area contributed by atoms with E-state index < -0.39 is 0 Å². The molecule has 2 aliphatic heterocycles. The van der Waals surface area contributed by atoms with E-state index in [-0.39, 0.29) is 5.91 Å². The van der Waals surface area contributed by atoms with E-state index >= 15 is 0 Å². The van der Waals surface area contributed by atoms with Crippen molar-refractivity contribution in [2.75, 3.05) is 13.1 Å². The van der Waals surface area contributed by atoms with E-state index in [1.165, 1.54) is 19.3 Å².